The molecule has 2 aromatic rings. The molecule has 0 unspecified atom stereocenters. The molecule has 25 heavy (non-hydrogen) atoms. The van der Waals surface area contributed by atoms with Crippen LogP contribution in [0, 0.1) is 0 Å². The largest absolute Gasteiger partial charge is 0.340 e. The van der Waals surface area contributed by atoms with Crippen molar-refractivity contribution in [2.45, 2.75) is 18.9 Å². The quantitative estimate of drug-likeness (QED) is 0.786. The van der Waals surface area contributed by atoms with E-state index in [2.05, 4.69) is 16.0 Å². The lowest BCUT2D eigenvalue weighted by molar-refractivity contribution is -0.118. The average molecular weight is 358 g/mol. The molecular weight excluding hydrogens is 342 g/mol. The molecule has 6 nitrogen and oxygen atoms in total. The smallest absolute Gasteiger partial charge is 0.254 e. The summed E-state index contributed by atoms with van der Waals surface area (Å²) in [6.45, 7) is 0. The minimum Gasteiger partial charge on any atom is -0.340 e. The molecule has 0 fully saturated rings. The molecule has 1 aliphatic heterocycles. The van der Waals surface area contributed by atoms with E-state index in [0.29, 0.717) is 22.0 Å². The first-order valence-electron chi connectivity index (χ1n) is 7.80. The fourth-order valence-corrected chi connectivity index (χ4v) is 2.75. The highest BCUT2D eigenvalue weighted by atomic mass is 35.5. The van der Waals surface area contributed by atoms with Crippen molar-refractivity contribution >= 4 is 40.7 Å². The van der Waals surface area contributed by atoms with Crippen LogP contribution in [-0.4, -0.2) is 23.8 Å². The van der Waals surface area contributed by atoms with Gasteiger partial charge in [-0.1, -0.05) is 35.9 Å². The van der Waals surface area contributed by atoms with Crippen LogP contribution in [-0.2, 0) is 9.59 Å². The number of nitrogens with one attached hydrogen (secondary N) is 3. The van der Waals surface area contributed by atoms with Crippen LogP contribution >= 0.6 is 11.6 Å². The lowest BCUT2D eigenvalue weighted by Gasteiger charge is -2.14. The average Bonchev–Trinajstić information content (AvgIpc) is 2.72. The zero-order valence-corrected chi connectivity index (χ0v) is 14.0. The third-order valence-corrected chi connectivity index (χ3v) is 4.19. The normalized spacial score (nSPS) is 16.3. The fourth-order valence-electron chi connectivity index (χ4n) is 2.57. The van der Waals surface area contributed by atoms with Crippen LogP contribution in [0.15, 0.2) is 48.5 Å². The molecule has 0 bridgehead atoms. The highest BCUT2D eigenvalue weighted by Gasteiger charge is 2.27. The number of hydrogen-bond acceptors (Lipinski definition) is 3. The van der Waals surface area contributed by atoms with Gasteiger partial charge in [-0.2, -0.15) is 0 Å². The molecule has 0 aromatic heterocycles. The molecule has 3 amide bonds. The molecule has 7 heteroatoms. The molecule has 0 aliphatic carbocycles. The Morgan fingerprint density at radius 1 is 1.08 bits per heavy atom. The van der Waals surface area contributed by atoms with Crippen LogP contribution in [0.1, 0.15) is 23.2 Å². The number of fused-ring (bicyclic) bond motifs is 1. The fraction of sp³-hybridized carbons (Fsp3) is 0.167. The van der Waals surface area contributed by atoms with E-state index in [1.165, 1.54) is 0 Å². The highest BCUT2D eigenvalue weighted by Crippen LogP contribution is 2.22. The summed E-state index contributed by atoms with van der Waals surface area (Å²) in [4.78, 5) is 36.6. The van der Waals surface area contributed by atoms with Crippen LogP contribution in [0.5, 0.6) is 0 Å². The molecule has 3 N–H and O–H groups in total. The summed E-state index contributed by atoms with van der Waals surface area (Å²) in [7, 11) is 0. The van der Waals surface area contributed by atoms with E-state index >= 15 is 0 Å². The first kappa shape index (κ1) is 17.0. The van der Waals surface area contributed by atoms with Gasteiger partial charge in [-0.15, -0.1) is 0 Å². The number of anilines is 2. The van der Waals surface area contributed by atoms with Gasteiger partial charge in [-0.05, 0) is 30.7 Å². The lowest BCUT2D eigenvalue weighted by atomic mass is 10.1. The molecule has 3 rings (SSSR count). The second kappa shape index (κ2) is 7.36. The molecule has 1 heterocycles. The number of amides is 3. The molecule has 2 aromatic carbocycles. The van der Waals surface area contributed by atoms with E-state index in [4.69, 9.17) is 11.6 Å². The topological polar surface area (TPSA) is 87.3 Å². The monoisotopic (exact) mass is 357 g/mol. The standard InChI is InChI=1S/C18H16ClN3O3/c19-12-6-2-4-8-14(12)20-16(23)10-9-15-18(25)21-13-7-3-1-5-11(13)17(24)22-15/h1-8,15H,9-10H2,(H,20,23)(H,21,25)(H,22,24)/t15-/m0/s1. The van der Waals surface area contributed by atoms with Crippen LogP contribution < -0.4 is 16.0 Å². The van der Waals surface area contributed by atoms with E-state index in [1.54, 1.807) is 48.5 Å². The Kier molecular flexibility index (Phi) is 5.00. The van der Waals surface area contributed by atoms with E-state index in [0.717, 1.165) is 0 Å². The number of carbonyl (C=O) groups is 3. The summed E-state index contributed by atoms with van der Waals surface area (Å²) >= 11 is 6.00. The summed E-state index contributed by atoms with van der Waals surface area (Å²) in [5.74, 6) is -0.966. The van der Waals surface area contributed by atoms with Gasteiger partial charge in [0.2, 0.25) is 11.8 Å². The van der Waals surface area contributed by atoms with Gasteiger partial charge >= 0.3 is 0 Å². The number of rotatable bonds is 4. The predicted molar refractivity (Wildman–Crippen MR) is 95.6 cm³/mol. The van der Waals surface area contributed by atoms with E-state index < -0.39 is 6.04 Å². The maximum atomic E-state index is 12.3. The van der Waals surface area contributed by atoms with E-state index in [9.17, 15) is 14.4 Å². The number of halogens is 1. The Balaban J connectivity index is 1.62. The van der Waals surface area contributed by atoms with Gasteiger partial charge in [0.15, 0.2) is 0 Å². The Bertz CT molecular complexity index is 838. The molecule has 0 saturated carbocycles. The van der Waals surface area contributed by atoms with Crippen molar-refractivity contribution in [2.24, 2.45) is 0 Å². The van der Waals surface area contributed by atoms with Crippen molar-refractivity contribution in [1.82, 2.24) is 5.32 Å². The summed E-state index contributed by atoms with van der Waals surface area (Å²) in [5, 5.41) is 8.50. The first-order valence-corrected chi connectivity index (χ1v) is 8.17. The third-order valence-electron chi connectivity index (χ3n) is 3.86. The number of para-hydroxylation sites is 2. The minimum absolute atomic E-state index is 0.0694. The van der Waals surface area contributed by atoms with Gasteiger partial charge in [0.05, 0.1) is 22.0 Å². The predicted octanol–water partition coefficient (Wildman–Crippen LogP) is 2.81. The molecule has 0 spiro atoms. The van der Waals surface area contributed by atoms with Crippen molar-refractivity contribution in [3.05, 3.63) is 59.1 Å². The third kappa shape index (κ3) is 3.97. The Morgan fingerprint density at radius 2 is 1.80 bits per heavy atom. The minimum atomic E-state index is -0.781. The molecule has 128 valence electrons. The van der Waals surface area contributed by atoms with Crippen molar-refractivity contribution in [3.8, 4) is 0 Å². The Hall–Kier alpha value is -2.86. The molecule has 0 radical (unpaired) electrons. The zero-order valence-electron chi connectivity index (χ0n) is 13.2. The summed E-state index contributed by atoms with van der Waals surface area (Å²) in [6, 6.07) is 12.9. The van der Waals surface area contributed by atoms with Gasteiger partial charge in [0.25, 0.3) is 5.91 Å². The van der Waals surface area contributed by atoms with Gasteiger partial charge < -0.3 is 16.0 Å². The first-order chi connectivity index (χ1) is 12.0. The lowest BCUT2D eigenvalue weighted by Crippen LogP contribution is -2.41. The highest BCUT2D eigenvalue weighted by molar-refractivity contribution is 6.33. The van der Waals surface area contributed by atoms with Crippen LogP contribution in [0.4, 0.5) is 11.4 Å². The number of hydrogen-bond donors (Lipinski definition) is 3. The molecule has 0 saturated heterocycles. The van der Waals surface area contributed by atoms with Gasteiger partial charge in [0, 0.05) is 6.42 Å². The SMILES string of the molecule is O=C(CC[C@@H]1NC(=O)c2ccccc2NC1=O)Nc1ccccc1Cl. The van der Waals surface area contributed by atoms with Crippen molar-refractivity contribution in [3.63, 3.8) is 0 Å². The summed E-state index contributed by atoms with van der Waals surface area (Å²) < 4.78 is 0. The summed E-state index contributed by atoms with van der Waals surface area (Å²) in [6.07, 6.45) is 0.252. The van der Waals surface area contributed by atoms with Crippen LogP contribution in [0.25, 0.3) is 0 Å². The number of benzene rings is 2. The van der Waals surface area contributed by atoms with E-state index in [-0.39, 0.29) is 30.6 Å². The van der Waals surface area contributed by atoms with Crippen molar-refractivity contribution < 1.29 is 14.4 Å². The van der Waals surface area contributed by atoms with Crippen LogP contribution in [0.3, 0.4) is 0 Å². The van der Waals surface area contributed by atoms with Crippen LogP contribution in [0.2, 0.25) is 5.02 Å². The maximum absolute atomic E-state index is 12.3. The Labute approximate surface area is 149 Å². The van der Waals surface area contributed by atoms with Gasteiger partial charge in [-0.25, -0.2) is 0 Å². The second-order valence-electron chi connectivity index (χ2n) is 5.63. The van der Waals surface area contributed by atoms with Gasteiger partial charge in [0.1, 0.15) is 6.04 Å². The Morgan fingerprint density at radius 3 is 2.60 bits per heavy atom. The van der Waals surface area contributed by atoms with E-state index in [1.807, 2.05) is 0 Å². The zero-order chi connectivity index (χ0) is 17.8. The molecular formula is C18H16ClN3O3. The van der Waals surface area contributed by atoms with Crippen molar-refractivity contribution in [2.75, 3.05) is 10.6 Å². The molecule has 1 atom stereocenters. The van der Waals surface area contributed by atoms with Crippen molar-refractivity contribution in [1.29, 1.82) is 0 Å². The second-order valence-corrected chi connectivity index (χ2v) is 6.03. The maximum Gasteiger partial charge on any atom is 0.254 e. The number of carbonyl (C=O) groups excluding carboxylic acids is 3. The molecule has 1 aliphatic rings. The van der Waals surface area contributed by atoms with Gasteiger partial charge in [-0.3, -0.25) is 14.4 Å². The summed E-state index contributed by atoms with van der Waals surface area (Å²) in [5.41, 5.74) is 1.38.